The Kier molecular flexibility index (Phi) is 2.11. The molecular weight excluding hydrogens is 146 g/mol. The maximum atomic E-state index is 3.14. The van der Waals surface area contributed by atoms with Gasteiger partial charge >= 0.3 is 0 Å². The highest BCUT2D eigenvalue weighted by Gasteiger charge is 2.44. The third kappa shape index (κ3) is 1.64. The highest BCUT2D eigenvalue weighted by atomic mass is 15.1. The fourth-order valence-corrected chi connectivity index (χ4v) is 2.05. The largest absolute Gasteiger partial charge is 0.292 e. The van der Waals surface area contributed by atoms with Gasteiger partial charge in [-0.15, -0.1) is 5.92 Å². The minimum absolute atomic E-state index is 0.816. The summed E-state index contributed by atoms with van der Waals surface area (Å²) in [4.78, 5) is 2.49. The minimum Gasteiger partial charge on any atom is -0.292 e. The smallest absolute Gasteiger partial charge is 0.0601 e. The lowest BCUT2D eigenvalue weighted by atomic mass is 9.94. The lowest BCUT2D eigenvalue weighted by molar-refractivity contribution is 0.190. The second-order valence-electron chi connectivity index (χ2n) is 4.20. The molecule has 0 aromatic carbocycles. The normalized spacial score (nSPS) is 26.4. The van der Waals surface area contributed by atoms with Crippen molar-refractivity contribution in [3.05, 3.63) is 0 Å². The van der Waals surface area contributed by atoms with Crippen molar-refractivity contribution >= 4 is 0 Å². The minimum atomic E-state index is 0.816. The van der Waals surface area contributed by atoms with Gasteiger partial charge in [-0.05, 0) is 51.1 Å². The molecule has 0 aromatic rings. The Bertz CT molecular complexity index is 207. The van der Waals surface area contributed by atoms with E-state index in [1.165, 1.54) is 38.8 Å². The van der Waals surface area contributed by atoms with Crippen LogP contribution in [0.1, 0.15) is 32.6 Å². The zero-order valence-electron chi connectivity index (χ0n) is 7.90. The summed E-state index contributed by atoms with van der Waals surface area (Å²) in [5.74, 6) is 6.10. The number of rotatable bonds is 1. The van der Waals surface area contributed by atoms with E-state index in [0.29, 0.717) is 0 Å². The molecule has 12 heavy (non-hydrogen) atoms. The van der Waals surface area contributed by atoms with Crippen LogP contribution >= 0.6 is 0 Å². The molecule has 1 saturated carbocycles. The molecule has 0 amide bonds. The number of hydrogen-bond donors (Lipinski definition) is 0. The molecule has 0 bridgehead atoms. The highest BCUT2D eigenvalue weighted by molar-refractivity contribution is 5.01. The molecule has 1 spiro atoms. The van der Waals surface area contributed by atoms with E-state index in [2.05, 4.69) is 16.7 Å². The molecule has 1 aliphatic carbocycles. The Balaban J connectivity index is 1.77. The molecule has 1 nitrogen and oxygen atoms in total. The Hall–Kier alpha value is -0.480. The first kappa shape index (κ1) is 8.13. The molecule has 0 unspecified atom stereocenters. The maximum Gasteiger partial charge on any atom is 0.0601 e. The molecule has 0 N–H and O–H groups in total. The molecular formula is C11H17N. The second kappa shape index (κ2) is 3.11. The standard InChI is InChI=1S/C11H17N/c1-2-3-8-12-9-6-11(4-5-11)7-10-12/h4-10H2,1H3. The first-order valence-electron chi connectivity index (χ1n) is 4.97. The van der Waals surface area contributed by atoms with Crippen molar-refractivity contribution in [3.8, 4) is 11.8 Å². The van der Waals surface area contributed by atoms with Crippen LogP contribution in [0.4, 0.5) is 0 Å². The SMILES string of the molecule is CC#CCN1CCC2(CC1)CC2. The van der Waals surface area contributed by atoms with E-state index < -0.39 is 0 Å². The van der Waals surface area contributed by atoms with Crippen molar-refractivity contribution < 1.29 is 0 Å². The van der Waals surface area contributed by atoms with Gasteiger partial charge in [0.2, 0.25) is 0 Å². The van der Waals surface area contributed by atoms with E-state index in [1.54, 1.807) is 0 Å². The van der Waals surface area contributed by atoms with Crippen molar-refractivity contribution in [1.82, 2.24) is 4.90 Å². The van der Waals surface area contributed by atoms with E-state index in [4.69, 9.17) is 0 Å². The summed E-state index contributed by atoms with van der Waals surface area (Å²) in [6, 6.07) is 0. The van der Waals surface area contributed by atoms with Crippen LogP contribution in [-0.4, -0.2) is 24.5 Å². The predicted octanol–water partition coefficient (Wildman–Crippen LogP) is 1.89. The van der Waals surface area contributed by atoms with Gasteiger partial charge in [0.15, 0.2) is 0 Å². The lowest BCUT2D eigenvalue weighted by Crippen LogP contribution is -2.34. The average molecular weight is 163 g/mol. The maximum absolute atomic E-state index is 3.14. The third-order valence-corrected chi connectivity index (χ3v) is 3.35. The van der Waals surface area contributed by atoms with Gasteiger partial charge in [-0.25, -0.2) is 0 Å². The fourth-order valence-electron chi connectivity index (χ4n) is 2.05. The Morgan fingerprint density at radius 2 is 1.83 bits per heavy atom. The zero-order valence-corrected chi connectivity index (χ0v) is 7.90. The Labute approximate surface area is 75.1 Å². The summed E-state index contributed by atoms with van der Waals surface area (Å²) in [7, 11) is 0. The van der Waals surface area contributed by atoms with E-state index in [1.807, 2.05) is 6.92 Å². The van der Waals surface area contributed by atoms with Gasteiger partial charge in [0, 0.05) is 0 Å². The molecule has 66 valence electrons. The average Bonchev–Trinajstić information content (AvgIpc) is 2.85. The quantitative estimate of drug-likeness (QED) is 0.533. The molecule has 0 aromatic heterocycles. The lowest BCUT2D eigenvalue weighted by Gasteiger charge is -2.30. The monoisotopic (exact) mass is 163 g/mol. The van der Waals surface area contributed by atoms with Gasteiger partial charge in [-0.2, -0.15) is 0 Å². The molecule has 2 rings (SSSR count). The zero-order chi connectivity index (χ0) is 8.44. The van der Waals surface area contributed by atoms with Gasteiger partial charge < -0.3 is 0 Å². The van der Waals surface area contributed by atoms with Crippen LogP contribution in [0.5, 0.6) is 0 Å². The van der Waals surface area contributed by atoms with E-state index >= 15 is 0 Å². The molecule has 0 atom stereocenters. The summed E-state index contributed by atoms with van der Waals surface area (Å²) in [5, 5.41) is 0. The number of hydrogen-bond acceptors (Lipinski definition) is 1. The van der Waals surface area contributed by atoms with Crippen molar-refractivity contribution in [2.75, 3.05) is 19.6 Å². The number of piperidine rings is 1. The number of likely N-dealkylation sites (tertiary alicyclic amines) is 1. The highest BCUT2D eigenvalue weighted by Crippen LogP contribution is 2.53. The second-order valence-corrected chi connectivity index (χ2v) is 4.20. The van der Waals surface area contributed by atoms with Crippen LogP contribution in [0.25, 0.3) is 0 Å². The predicted molar refractivity (Wildman–Crippen MR) is 50.8 cm³/mol. The molecule has 0 radical (unpaired) electrons. The molecule has 2 fully saturated rings. The van der Waals surface area contributed by atoms with Crippen LogP contribution in [0, 0.1) is 17.3 Å². The molecule has 1 aliphatic heterocycles. The first-order chi connectivity index (χ1) is 5.85. The van der Waals surface area contributed by atoms with Crippen molar-refractivity contribution in [3.63, 3.8) is 0 Å². The molecule has 1 heterocycles. The van der Waals surface area contributed by atoms with E-state index in [9.17, 15) is 0 Å². The topological polar surface area (TPSA) is 3.24 Å². The number of nitrogens with zero attached hydrogens (tertiary/aromatic N) is 1. The summed E-state index contributed by atoms with van der Waals surface area (Å²) < 4.78 is 0. The van der Waals surface area contributed by atoms with Gasteiger partial charge in [-0.3, -0.25) is 4.90 Å². The van der Waals surface area contributed by atoms with Crippen LogP contribution < -0.4 is 0 Å². The third-order valence-electron chi connectivity index (χ3n) is 3.35. The summed E-state index contributed by atoms with van der Waals surface area (Å²) in [6.45, 7) is 5.49. The fraction of sp³-hybridized carbons (Fsp3) is 0.818. The summed E-state index contributed by atoms with van der Waals surface area (Å²) >= 11 is 0. The summed E-state index contributed by atoms with van der Waals surface area (Å²) in [6.07, 6.45) is 5.86. The van der Waals surface area contributed by atoms with E-state index in [0.717, 1.165) is 12.0 Å². The Morgan fingerprint density at radius 1 is 1.17 bits per heavy atom. The van der Waals surface area contributed by atoms with Crippen LogP contribution in [0.15, 0.2) is 0 Å². The molecule has 2 aliphatic rings. The Morgan fingerprint density at radius 3 is 2.33 bits per heavy atom. The van der Waals surface area contributed by atoms with E-state index in [-0.39, 0.29) is 0 Å². The van der Waals surface area contributed by atoms with Crippen LogP contribution in [0.2, 0.25) is 0 Å². The van der Waals surface area contributed by atoms with Crippen LogP contribution in [0.3, 0.4) is 0 Å². The van der Waals surface area contributed by atoms with Gasteiger partial charge in [0.1, 0.15) is 0 Å². The molecule has 1 heteroatoms. The van der Waals surface area contributed by atoms with Crippen molar-refractivity contribution in [2.45, 2.75) is 32.6 Å². The van der Waals surface area contributed by atoms with Gasteiger partial charge in [0.05, 0.1) is 6.54 Å². The first-order valence-corrected chi connectivity index (χ1v) is 4.97. The van der Waals surface area contributed by atoms with Crippen molar-refractivity contribution in [2.24, 2.45) is 5.41 Å². The molecule has 1 saturated heterocycles. The van der Waals surface area contributed by atoms with Gasteiger partial charge in [0.25, 0.3) is 0 Å². The summed E-state index contributed by atoms with van der Waals surface area (Å²) in [5.41, 5.74) is 0.816. The van der Waals surface area contributed by atoms with Crippen LogP contribution in [-0.2, 0) is 0 Å². The van der Waals surface area contributed by atoms with Gasteiger partial charge in [-0.1, -0.05) is 5.92 Å². The van der Waals surface area contributed by atoms with Crippen molar-refractivity contribution in [1.29, 1.82) is 0 Å².